The van der Waals surface area contributed by atoms with Crippen molar-refractivity contribution in [2.45, 2.75) is 51.1 Å². The molecule has 2 aliphatic rings. The van der Waals surface area contributed by atoms with Crippen molar-refractivity contribution in [1.29, 1.82) is 0 Å². The van der Waals surface area contributed by atoms with Gasteiger partial charge in [-0.15, -0.1) is 0 Å². The van der Waals surface area contributed by atoms with Crippen molar-refractivity contribution < 1.29 is 9.52 Å². The zero-order valence-corrected chi connectivity index (χ0v) is 14.0. The molecule has 0 spiro atoms. The molecule has 1 aliphatic carbocycles. The summed E-state index contributed by atoms with van der Waals surface area (Å²) in [6.07, 6.45) is 5.12. The fourth-order valence-corrected chi connectivity index (χ4v) is 5.03. The predicted molar refractivity (Wildman–Crippen MR) is 90.5 cm³/mol. The van der Waals surface area contributed by atoms with Gasteiger partial charge in [0.2, 0.25) is 0 Å². The second-order valence-corrected chi connectivity index (χ2v) is 7.21. The second-order valence-electron chi connectivity index (χ2n) is 7.21. The summed E-state index contributed by atoms with van der Waals surface area (Å²) < 4.78 is 5.57. The van der Waals surface area contributed by atoms with Gasteiger partial charge >= 0.3 is 0 Å². The minimum atomic E-state index is 0.205. The Morgan fingerprint density at radius 2 is 2.22 bits per heavy atom. The number of fused-ring (bicyclic) bond motifs is 4. The molecule has 1 fully saturated rings. The summed E-state index contributed by atoms with van der Waals surface area (Å²) in [7, 11) is 0. The summed E-state index contributed by atoms with van der Waals surface area (Å²) >= 11 is 0. The quantitative estimate of drug-likeness (QED) is 0.927. The van der Waals surface area contributed by atoms with E-state index < -0.39 is 0 Å². The van der Waals surface area contributed by atoms with Gasteiger partial charge in [0.05, 0.1) is 12.8 Å². The van der Waals surface area contributed by atoms with E-state index in [4.69, 9.17) is 4.42 Å². The summed E-state index contributed by atoms with van der Waals surface area (Å²) in [5.74, 6) is 2.04. The molecule has 23 heavy (non-hydrogen) atoms. The molecule has 1 N–H and O–H groups in total. The second kappa shape index (κ2) is 5.41. The summed E-state index contributed by atoms with van der Waals surface area (Å²) in [6, 6.07) is 10.6. The molecular weight excluding hydrogens is 286 g/mol. The summed E-state index contributed by atoms with van der Waals surface area (Å²) in [5.41, 5.74) is 3.01. The van der Waals surface area contributed by atoms with E-state index in [0.717, 1.165) is 38.1 Å². The van der Waals surface area contributed by atoms with Crippen molar-refractivity contribution in [3.63, 3.8) is 0 Å². The first kappa shape index (κ1) is 14.8. The van der Waals surface area contributed by atoms with Gasteiger partial charge in [-0.2, -0.15) is 0 Å². The number of piperidine rings is 1. The highest BCUT2D eigenvalue weighted by molar-refractivity contribution is 5.44. The Hall–Kier alpha value is -1.74. The lowest BCUT2D eigenvalue weighted by atomic mass is 9.57. The SMILES string of the molecule is CC[C@@]12CCN(Cc3ccco3)C(Cc3ccc(O)cc31)[C@@H]2C. The number of nitrogens with zero attached hydrogens (tertiary/aromatic N) is 1. The van der Waals surface area contributed by atoms with E-state index in [9.17, 15) is 5.11 Å². The molecule has 1 aliphatic heterocycles. The zero-order chi connectivity index (χ0) is 16.0. The van der Waals surface area contributed by atoms with Crippen LogP contribution < -0.4 is 0 Å². The van der Waals surface area contributed by atoms with Crippen LogP contribution in [0.5, 0.6) is 5.75 Å². The van der Waals surface area contributed by atoms with Gasteiger partial charge in [0.15, 0.2) is 0 Å². The topological polar surface area (TPSA) is 36.6 Å². The molecule has 3 heteroatoms. The Morgan fingerprint density at radius 3 is 2.96 bits per heavy atom. The van der Waals surface area contributed by atoms with Crippen LogP contribution in [-0.2, 0) is 18.4 Å². The van der Waals surface area contributed by atoms with Gasteiger partial charge in [-0.1, -0.05) is 19.9 Å². The zero-order valence-electron chi connectivity index (χ0n) is 14.0. The number of rotatable bonds is 3. The van der Waals surface area contributed by atoms with Crippen LogP contribution in [0, 0.1) is 5.92 Å². The molecule has 0 saturated carbocycles. The van der Waals surface area contributed by atoms with E-state index in [2.05, 4.69) is 30.9 Å². The summed E-state index contributed by atoms with van der Waals surface area (Å²) in [6.45, 7) is 6.69. The third kappa shape index (κ3) is 2.21. The van der Waals surface area contributed by atoms with Gasteiger partial charge in [-0.3, -0.25) is 4.90 Å². The standard InChI is InChI=1S/C20H25NO2/c1-3-20-8-9-21(13-17-5-4-10-23-17)19(14(20)2)11-15-6-7-16(22)12-18(15)20/h4-7,10,12,14,19,22H,3,8-9,11,13H2,1-2H3/t14-,19?,20-/m0/s1. The highest BCUT2D eigenvalue weighted by atomic mass is 16.3. The average Bonchev–Trinajstić information content (AvgIpc) is 3.05. The molecule has 2 aromatic rings. The van der Waals surface area contributed by atoms with Crippen LogP contribution in [0.1, 0.15) is 43.6 Å². The van der Waals surface area contributed by atoms with Crippen LogP contribution in [0.2, 0.25) is 0 Å². The molecule has 1 aromatic carbocycles. The Balaban J connectivity index is 1.72. The molecule has 1 saturated heterocycles. The van der Waals surface area contributed by atoms with Crippen LogP contribution in [0.25, 0.3) is 0 Å². The first-order valence-corrected chi connectivity index (χ1v) is 8.73. The molecule has 0 amide bonds. The van der Waals surface area contributed by atoms with E-state index in [1.54, 1.807) is 6.26 Å². The van der Waals surface area contributed by atoms with Gasteiger partial charge in [0.1, 0.15) is 11.5 Å². The van der Waals surface area contributed by atoms with Gasteiger partial charge in [-0.25, -0.2) is 0 Å². The highest BCUT2D eigenvalue weighted by Gasteiger charge is 2.50. The maximum Gasteiger partial charge on any atom is 0.117 e. The minimum Gasteiger partial charge on any atom is -0.508 e. The van der Waals surface area contributed by atoms with Gasteiger partial charge in [-0.05, 0) is 67.1 Å². The number of likely N-dealkylation sites (tertiary alicyclic amines) is 1. The molecule has 2 heterocycles. The van der Waals surface area contributed by atoms with E-state index in [-0.39, 0.29) is 5.41 Å². The van der Waals surface area contributed by atoms with Crippen LogP contribution >= 0.6 is 0 Å². The highest BCUT2D eigenvalue weighted by Crippen LogP contribution is 2.51. The van der Waals surface area contributed by atoms with Crippen molar-refractivity contribution in [2.75, 3.05) is 6.54 Å². The van der Waals surface area contributed by atoms with Gasteiger partial charge in [0.25, 0.3) is 0 Å². The fraction of sp³-hybridized carbons (Fsp3) is 0.500. The molecule has 3 atom stereocenters. The van der Waals surface area contributed by atoms with Crippen LogP contribution in [0.15, 0.2) is 41.0 Å². The molecule has 122 valence electrons. The first-order valence-electron chi connectivity index (χ1n) is 8.73. The number of phenolic OH excluding ortho intramolecular Hbond substituents is 1. The van der Waals surface area contributed by atoms with Crippen LogP contribution in [-0.4, -0.2) is 22.6 Å². The smallest absolute Gasteiger partial charge is 0.117 e. The molecule has 1 aromatic heterocycles. The maximum absolute atomic E-state index is 9.98. The Kier molecular flexibility index (Phi) is 3.49. The number of benzene rings is 1. The number of aromatic hydroxyl groups is 1. The third-order valence-corrected chi connectivity index (χ3v) is 6.39. The average molecular weight is 311 g/mol. The molecule has 4 rings (SSSR count). The lowest BCUT2D eigenvalue weighted by Crippen LogP contribution is -2.58. The van der Waals surface area contributed by atoms with Gasteiger partial charge in [0, 0.05) is 11.5 Å². The number of hydrogen-bond donors (Lipinski definition) is 1. The molecule has 2 bridgehead atoms. The molecule has 1 unspecified atom stereocenters. The van der Waals surface area contributed by atoms with E-state index in [1.165, 1.54) is 11.1 Å². The van der Waals surface area contributed by atoms with Crippen molar-refractivity contribution in [2.24, 2.45) is 5.92 Å². The monoisotopic (exact) mass is 311 g/mol. The number of hydrogen-bond acceptors (Lipinski definition) is 3. The predicted octanol–water partition coefficient (Wildman–Crippen LogP) is 4.10. The fourth-order valence-electron chi connectivity index (χ4n) is 5.03. The Bertz CT molecular complexity index is 694. The molecule has 3 nitrogen and oxygen atoms in total. The maximum atomic E-state index is 9.98. The lowest BCUT2D eigenvalue weighted by Gasteiger charge is -2.55. The normalized spacial score (nSPS) is 30.2. The Morgan fingerprint density at radius 1 is 1.35 bits per heavy atom. The third-order valence-electron chi connectivity index (χ3n) is 6.39. The van der Waals surface area contributed by atoms with Crippen molar-refractivity contribution in [3.8, 4) is 5.75 Å². The molecular formula is C20H25NO2. The van der Waals surface area contributed by atoms with Crippen molar-refractivity contribution in [1.82, 2.24) is 4.90 Å². The van der Waals surface area contributed by atoms with Crippen molar-refractivity contribution >= 4 is 0 Å². The number of furan rings is 1. The largest absolute Gasteiger partial charge is 0.508 e. The van der Waals surface area contributed by atoms with Crippen molar-refractivity contribution in [3.05, 3.63) is 53.5 Å². The summed E-state index contributed by atoms with van der Waals surface area (Å²) in [4.78, 5) is 2.59. The van der Waals surface area contributed by atoms with Crippen LogP contribution in [0.4, 0.5) is 0 Å². The van der Waals surface area contributed by atoms with Crippen LogP contribution in [0.3, 0.4) is 0 Å². The van der Waals surface area contributed by atoms with E-state index in [1.807, 2.05) is 18.2 Å². The number of phenols is 1. The minimum absolute atomic E-state index is 0.205. The first-order chi connectivity index (χ1) is 11.1. The lowest BCUT2D eigenvalue weighted by molar-refractivity contribution is 0.0117. The molecule has 0 radical (unpaired) electrons. The van der Waals surface area contributed by atoms with E-state index >= 15 is 0 Å². The van der Waals surface area contributed by atoms with E-state index in [0.29, 0.717) is 17.7 Å². The van der Waals surface area contributed by atoms with Gasteiger partial charge < -0.3 is 9.52 Å². The summed E-state index contributed by atoms with van der Waals surface area (Å²) in [5, 5.41) is 9.98. The Labute approximate surface area is 137 Å².